The first-order valence-corrected chi connectivity index (χ1v) is 10.4. The molecule has 2 N–H and O–H groups in total. The van der Waals surface area contributed by atoms with Crippen molar-refractivity contribution in [1.29, 1.82) is 0 Å². The number of hydrogen-bond acceptors (Lipinski definition) is 7. The molecule has 0 unspecified atom stereocenters. The number of aromatic nitrogens is 2. The van der Waals surface area contributed by atoms with E-state index < -0.39 is 0 Å². The summed E-state index contributed by atoms with van der Waals surface area (Å²) in [6, 6.07) is 13.4. The number of hydrogen-bond donors (Lipinski definition) is 2. The van der Waals surface area contributed by atoms with Crippen LogP contribution in [0.2, 0.25) is 0 Å². The van der Waals surface area contributed by atoms with Gasteiger partial charge in [0.25, 0.3) is 0 Å². The summed E-state index contributed by atoms with van der Waals surface area (Å²) in [5.41, 5.74) is 1.35. The Morgan fingerprint density at radius 2 is 2.00 bits per heavy atom. The monoisotopic (exact) mass is 418 g/mol. The molecule has 1 heterocycles. The van der Waals surface area contributed by atoms with Gasteiger partial charge in [0.1, 0.15) is 11.6 Å². The molecular weight excluding hydrogens is 399 g/mol. The molecule has 0 saturated heterocycles. The Labute approximate surface area is 170 Å². The Morgan fingerprint density at radius 3 is 2.75 bits per heavy atom. The summed E-state index contributed by atoms with van der Waals surface area (Å²) in [6.45, 7) is 2.57. The van der Waals surface area contributed by atoms with Gasteiger partial charge in [0.05, 0.1) is 6.61 Å². The van der Waals surface area contributed by atoms with Gasteiger partial charge >= 0.3 is 0 Å². The zero-order valence-corrected chi connectivity index (χ0v) is 16.8. The highest BCUT2D eigenvalue weighted by atomic mass is 32.2. The van der Waals surface area contributed by atoms with Gasteiger partial charge in [0.2, 0.25) is 11.0 Å². The molecule has 9 heteroatoms. The molecule has 6 nitrogen and oxygen atoms in total. The van der Waals surface area contributed by atoms with Crippen LogP contribution in [-0.2, 0) is 4.79 Å². The Morgan fingerprint density at radius 1 is 1.18 bits per heavy atom. The molecule has 146 valence electrons. The first-order chi connectivity index (χ1) is 13.6. The van der Waals surface area contributed by atoms with Crippen LogP contribution in [0.25, 0.3) is 0 Å². The van der Waals surface area contributed by atoms with Crippen LogP contribution in [0.3, 0.4) is 0 Å². The molecule has 0 bridgehead atoms. The third-order valence-corrected chi connectivity index (χ3v) is 5.46. The predicted octanol–water partition coefficient (Wildman–Crippen LogP) is 4.94. The minimum atomic E-state index is -0.381. The number of carbonyl (C=O) groups excluding carboxylic acids is 1. The van der Waals surface area contributed by atoms with Crippen molar-refractivity contribution in [1.82, 2.24) is 10.2 Å². The number of thioether (sulfide) groups is 1. The molecule has 2 aromatic carbocycles. The standard InChI is InChI=1S/C19H19FN4O2S2/c1-2-26-16-8-6-14(7-9-16)22-18-23-24-19(28-18)27-11-10-17(25)21-15-5-3-4-13(20)12-15/h3-9,12H,2,10-11H2,1H3,(H,21,25)(H,22,23). The van der Waals surface area contributed by atoms with Gasteiger partial charge in [-0.15, -0.1) is 10.2 Å². The lowest BCUT2D eigenvalue weighted by atomic mass is 10.3. The largest absolute Gasteiger partial charge is 0.494 e. The van der Waals surface area contributed by atoms with Crippen molar-refractivity contribution in [2.24, 2.45) is 0 Å². The third kappa shape index (κ3) is 6.21. The summed E-state index contributed by atoms with van der Waals surface area (Å²) < 4.78 is 19.3. The molecular formula is C19H19FN4O2S2. The molecule has 0 saturated carbocycles. The van der Waals surface area contributed by atoms with Crippen LogP contribution >= 0.6 is 23.1 Å². The number of ether oxygens (including phenoxy) is 1. The Hall–Kier alpha value is -2.65. The van der Waals surface area contributed by atoms with Gasteiger partial charge in [0, 0.05) is 23.5 Å². The summed E-state index contributed by atoms with van der Waals surface area (Å²) in [5.74, 6) is 0.820. The van der Waals surface area contributed by atoms with Gasteiger partial charge in [-0.2, -0.15) is 0 Å². The summed E-state index contributed by atoms with van der Waals surface area (Å²) in [5, 5.41) is 14.8. The van der Waals surface area contributed by atoms with Gasteiger partial charge < -0.3 is 15.4 Å². The molecule has 3 rings (SSSR count). The topological polar surface area (TPSA) is 76.1 Å². The number of nitrogens with zero attached hydrogens (tertiary/aromatic N) is 2. The van der Waals surface area contributed by atoms with E-state index in [-0.39, 0.29) is 11.7 Å². The minimum absolute atomic E-state index is 0.171. The lowest BCUT2D eigenvalue weighted by molar-refractivity contribution is -0.115. The lowest BCUT2D eigenvalue weighted by Crippen LogP contribution is -2.12. The predicted molar refractivity (Wildman–Crippen MR) is 111 cm³/mol. The molecule has 1 aromatic heterocycles. The number of benzene rings is 2. The quantitative estimate of drug-likeness (QED) is 0.479. The van der Waals surface area contributed by atoms with Crippen molar-refractivity contribution < 1.29 is 13.9 Å². The maximum atomic E-state index is 13.1. The number of halogens is 1. The fourth-order valence-corrected chi connectivity index (χ4v) is 4.04. The van der Waals surface area contributed by atoms with E-state index >= 15 is 0 Å². The van der Waals surface area contributed by atoms with Crippen LogP contribution in [0, 0.1) is 5.82 Å². The van der Waals surface area contributed by atoms with E-state index in [0.717, 1.165) is 15.8 Å². The molecule has 0 aliphatic heterocycles. The Bertz CT molecular complexity index is 918. The van der Waals surface area contributed by atoms with Crippen LogP contribution in [0.15, 0.2) is 52.9 Å². The van der Waals surface area contributed by atoms with Gasteiger partial charge in [0.15, 0.2) is 4.34 Å². The summed E-state index contributed by atoms with van der Waals surface area (Å²) in [6.07, 6.45) is 0.294. The first kappa shape index (κ1) is 20.1. The summed E-state index contributed by atoms with van der Waals surface area (Å²) in [7, 11) is 0. The van der Waals surface area contributed by atoms with Gasteiger partial charge in [-0.3, -0.25) is 4.79 Å². The van der Waals surface area contributed by atoms with E-state index in [4.69, 9.17) is 4.74 Å². The lowest BCUT2D eigenvalue weighted by Gasteiger charge is -2.05. The smallest absolute Gasteiger partial charge is 0.225 e. The average Bonchev–Trinajstić information content (AvgIpc) is 3.11. The molecule has 0 aliphatic carbocycles. The second kappa shape index (κ2) is 10.0. The molecule has 0 aliphatic rings. The third-order valence-electron chi connectivity index (χ3n) is 3.49. The molecule has 0 spiro atoms. The summed E-state index contributed by atoms with van der Waals surface area (Å²) >= 11 is 2.87. The maximum absolute atomic E-state index is 13.1. The molecule has 1 amide bonds. The van der Waals surface area contributed by atoms with Crippen molar-refractivity contribution in [3.8, 4) is 5.75 Å². The molecule has 0 radical (unpaired) electrons. The number of amides is 1. The molecule has 28 heavy (non-hydrogen) atoms. The van der Waals surface area contributed by atoms with Crippen molar-refractivity contribution in [2.75, 3.05) is 23.0 Å². The molecule has 0 atom stereocenters. The fourth-order valence-electron chi connectivity index (χ4n) is 2.26. The van der Waals surface area contributed by atoms with E-state index in [1.54, 1.807) is 12.1 Å². The van der Waals surface area contributed by atoms with Crippen LogP contribution in [0.4, 0.5) is 20.9 Å². The highest BCUT2D eigenvalue weighted by molar-refractivity contribution is 8.01. The zero-order valence-electron chi connectivity index (χ0n) is 15.1. The van der Waals surface area contributed by atoms with E-state index in [2.05, 4.69) is 20.8 Å². The van der Waals surface area contributed by atoms with Gasteiger partial charge in [-0.25, -0.2) is 4.39 Å². The van der Waals surface area contributed by atoms with Crippen LogP contribution < -0.4 is 15.4 Å². The maximum Gasteiger partial charge on any atom is 0.225 e. The minimum Gasteiger partial charge on any atom is -0.494 e. The van der Waals surface area contributed by atoms with Gasteiger partial charge in [-0.05, 0) is 49.4 Å². The number of carbonyl (C=O) groups is 1. The summed E-state index contributed by atoms with van der Waals surface area (Å²) in [4.78, 5) is 11.9. The normalized spacial score (nSPS) is 10.5. The Kier molecular flexibility index (Phi) is 7.21. The van der Waals surface area contributed by atoms with E-state index in [0.29, 0.717) is 29.6 Å². The highest BCUT2D eigenvalue weighted by Crippen LogP contribution is 2.28. The van der Waals surface area contributed by atoms with Crippen molar-refractivity contribution in [3.05, 3.63) is 54.3 Å². The molecule has 0 fully saturated rings. The van der Waals surface area contributed by atoms with Crippen LogP contribution in [-0.4, -0.2) is 28.5 Å². The van der Waals surface area contributed by atoms with E-state index in [1.165, 1.54) is 35.2 Å². The zero-order chi connectivity index (χ0) is 19.8. The number of anilines is 3. The number of nitrogens with one attached hydrogen (secondary N) is 2. The van der Waals surface area contributed by atoms with E-state index in [1.807, 2.05) is 31.2 Å². The number of rotatable bonds is 9. The van der Waals surface area contributed by atoms with Gasteiger partial charge in [-0.1, -0.05) is 29.2 Å². The fraction of sp³-hybridized carbons (Fsp3) is 0.211. The second-order valence-electron chi connectivity index (χ2n) is 5.61. The highest BCUT2D eigenvalue weighted by Gasteiger charge is 2.08. The van der Waals surface area contributed by atoms with Crippen LogP contribution in [0.5, 0.6) is 5.75 Å². The van der Waals surface area contributed by atoms with Crippen molar-refractivity contribution in [2.45, 2.75) is 17.7 Å². The second-order valence-corrected chi connectivity index (χ2v) is 7.93. The van der Waals surface area contributed by atoms with Crippen LogP contribution in [0.1, 0.15) is 13.3 Å². The average molecular weight is 419 g/mol. The van der Waals surface area contributed by atoms with Crippen molar-refractivity contribution in [3.63, 3.8) is 0 Å². The van der Waals surface area contributed by atoms with Crippen molar-refractivity contribution >= 4 is 45.5 Å². The SMILES string of the molecule is CCOc1ccc(Nc2nnc(SCCC(=O)Nc3cccc(F)c3)s2)cc1. The first-order valence-electron chi connectivity index (χ1n) is 8.64. The molecule has 3 aromatic rings. The van der Waals surface area contributed by atoms with E-state index in [9.17, 15) is 9.18 Å². The Balaban J connectivity index is 1.43.